The first kappa shape index (κ1) is 30.4. The van der Waals surface area contributed by atoms with Crippen LogP contribution in [0.5, 0.6) is 0 Å². The maximum absolute atomic E-state index is 15.0. The summed E-state index contributed by atoms with van der Waals surface area (Å²) in [4.78, 5) is 13.2. The molecule has 1 aliphatic rings. The molecule has 7 heteroatoms. The molecule has 214 valence electrons. The van der Waals surface area contributed by atoms with E-state index in [9.17, 15) is 13.9 Å². The third-order valence-electron chi connectivity index (χ3n) is 8.52. The SMILES string of the molecule is CC(C)P(=O)(C(C)C)[C@@H]1C[C@H](CP(=O)(c2ccccc2)c2ccccc2)[C@@H](OC(=O)N[C@@H](C)c2ccccc2)C1. The van der Waals surface area contributed by atoms with Gasteiger partial charge < -0.3 is 19.2 Å². The number of hydrogen-bond donors (Lipinski definition) is 1. The lowest BCUT2D eigenvalue weighted by Gasteiger charge is -2.32. The standard InChI is InChI=1S/C33H43NO4P2/c1-24(2)40(37,25(3)4)31-21-28(32(22-31)38-33(35)34-26(5)27-15-9-6-10-16-27)23-39(36,29-17-11-7-12-18-29)30-19-13-8-14-20-30/h6-20,24-26,28,31-32H,21-23H2,1-5H3,(H,34,35)/t26-,28+,31+,32-/m0/s1. The van der Waals surface area contributed by atoms with Gasteiger partial charge in [0.1, 0.15) is 13.2 Å². The normalized spacial score (nSPS) is 20.4. The summed E-state index contributed by atoms with van der Waals surface area (Å²) < 4.78 is 35.5. The number of rotatable bonds is 10. The number of amides is 1. The van der Waals surface area contributed by atoms with Crippen LogP contribution in [0.1, 0.15) is 59.1 Å². The first-order valence-corrected chi connectivity index (χ1v) is 18.2. The maximum atomic E-state index is 15.0. The minimum Gasteiger partial charge on any atom is -0.446 e. The molecule has 0 aliphatic heterocycles. The van der Waals surface area contributed by atoms with Gasteiger partial charge in [0.25, 0.3) is 0 Å². The molecule has 0 unspecified atom stereocenters. The Hall–Kier alpha value is -2.61. The predicted octanol–water partition coefficient (Wildman–Crippen LogP) is 7.82. The molecule has 5 nitrogen and oxygen atoms in total. The molecule has 1 saturated carbocycles. The minimum absolute atomic E-state index is 0.0267. The zero-order chi connectivity index (χ0) is 28.9. The molecule has 3 aromatic rings. The molecule has 0 spiro atoms. The average molecular weight is 580 g/mol. The van der Waals surface area contributed by atoms with Crippen LogP contribution >= 0.6 is 14.3 Å². The second-order valence-corrected chi connectivity index (χ2v) is 18.9. The first-order chi connectivity index (χ1) is 19.1. The lowest BCUT2D eigenvalue weighted by molar-refractivity contribution is 0.0785. The molecular formula is C33H43NO4P2. The smallest absolute Gasteiger partial charge is 0.407 e. The van der Waals surface area contributed by atoms with Crippen molar-refractivity contribution in [1.29, 1.82) is 0 Å². The Bertz CT molecular complexity index is 1290. The summed E-state index contributed by atoms with van der Waals surface area (Å²) >= 11 is 0. The quantitative estimate of drug-likeness (QED) is 0.249. The molecule has 3 aromatic carbocycles. The Morgan fingerprint density at radius 2 is 1.25 bits per heavy atom. The summed E-state index contributed by atoms with van der Waals surface area (Å²) in [5.74, 6) is -0.181. The lowest BCUT2D eigenvalue weighted by Crippen LogP contribution is -2.34. The topological polar surface area (TPSA) is 72.5 Å². The van der Waals surface area contributed by atoms with E-state index in [1.807, 2.05) is 126 Å². The van der Waals surface area contributed by atoms with Gasteiger partial charge in [-0.05, 0) is 25.3 Å². The summed E-state index contributed by atoms with van der Waals surface area (Å²) in [6.07, 6.45) is 0.544. The van der Waals surface area contributed by atoms with Crippen LogP contribution in [0.4, 0.5) is 4.79 Å². The van der Waals surface area contributed by atoms with Crippen molar-refractivity contribution >= 4 is 31.0 Å². The van der Waals surface area contributed by atoms with Gasteiger partial charge in [0.05, 0.1) is 13.2 Å². The number of carbonyl (C=O) groups is 1. The van der Waals surface area contributed by atoms with E-state index in [0.717, 1.165) is 16.2 Å². The van der Waals surface area contributed by atoms with Gasteiger partial charge in [-0.2, -0.15) is 0 Å². The Morgan fingerprint density at radius 1 is 0.775 bits per heavy atom. The molecular weight excluding hydrogens is 536 g/mol. The molecule has 1 fully saturated rings. The van der Waals surface area contributed by atoms with Gasteiger partial charge in [-0.25, -0.2) is 4.79 Å². The van der Waals surface area contributed by atoms with Gasteiger partial charge >= 0.3 is 6.09 Å². The van der Waals surface area contributed by atoms with Crippen LogP contribution in [-0.2, 0) is 13.9 Å². The van der Waals surface area contributed by atoms with Crippen LogP contribution < -0.4 is 15.9 Å². The lowest BCUT2D eigenvalue weighted by atomic mass is 10.1. The predicted molar refractivity (Wildman–Crippen MR) is 167 cm³/mol. The molecule has 0 aromatic heterocycles. The second-order valence-electron chi connectivity index (χ2n) is 11.7. The molecule has 0 bridgehead atoms. The second kappa shape index (κ2) is 12.9. The van der Waals surface area contributed by atoms with E-state index >= 15 is 0 Å². The number of hydrogen-bond acceptors (Lipinski definition) is 4. The summed E-state index contributed by atoms with van der Waals surface area (Å²) in [6.45, 7) is 10.1. The highest BCUT2D eigenvalue weighted by molar-refractivity contribution is 7.78. The van der Waals surface area contributed by atoms with Crippen molar-refractivity contribution in [3.63, 3.8) is 0 Å². The van der Waals surface area contributed by atoms with Crippen LogP contribution in [-0.4, -0.2) is 35.3 Å². The molecule has 1 N–H and O–H groups in total. The highest BCUT2D eigenvalue weighted by Gasteiger charge is 2.49. The number of ether oxygens (including phenoxy) is 1. The van der Waals surface area contributed by atoms with Crippen LogP contribution in [0, 0.1) is 5.92 Å². The fourth-order valence-electron chi connectivity index (χ4n) is 6.36. The fraction of sp³-hybridized carbons (Fsp3) is 0.424. The van der Waals surface area contributed by atoms with E-state index in [4.69, 9.17) is 4.74 Å². The number of carbonyl (C=O) groups excluding carboxylic acids is 1. The van der Waals surface area contributed by atoms with Gasteiger partial charge in [-0.1, -0.05) is 119 Å². The largest absolute Gasteiger partial charge is 0.446 e. The van der Waals surface area contributed by atoms with Crippen LogP contribution in [0.3, 0.4) is 0 Å². The maximum Gasteiger partial charge on any atom is 0.407 e. The number of nitrogens with one attached hydrogen (secondary N) is 1. The summed E-state index contributed by atoms with van der Waals surface area (Å²) in [5.41, 5.74) is 0.960. The van der Waals surface area contributed by atoms with Gasteiger partial charge in [-0.15, -0.1) is 0 Å². The molecule has 1 aliphatic carbocycles. The Morgan fingerprint density at radius 3 is 1.73 bits per heavy atom. The van der Waals surface area contributed by atoms with Crippen molar-refractivity contribution < 1.29 is 18.7 Å². The van der Waals surface area contributed by atoms with E-state index in [-0.39, 0.29) is 28.9 Å². The van der Waals surface area contributed by atoms with E-state index < -0.39 is 26.5 Å². The van der Waals surface area contributed by atoms with Crippen molar-refractivity contribution in [2.45, 2.75) is 76.6 Å². The molecule has 40 heavy (non-hydrogen) atoms. The summed E-state index contributed by atoms with van der Waals surface area (Å²) in [6, 6.07) is 28.8. The number of alkyl carbamates (subject to hydrolysis) is 1. The van der Waals surface area contributed by atoms with Gasteiger partial charge in [-0.3, -0.25) is 0 Å². The third kappa shape index (κ3) is 6.48. The van der Waals surface area contributed by atoms with Gasteiger partial charge in [0.15, 0.2) is 0 Å². The monoisotopic (exact) mass is 579 g/mol. The van der Waals surface area contributed by atoms with Crippen molar-refractivity contribution in [2.75, 3.05) is 6.16 Å². The molecule has 0 saturated heterocycles. The fourth-order valence-corrected chi connectivity index (χ4v) is 13.5. The molecule has 4 rings (SSSR count). The van der Waals surface area contributed by atoms with Crippen molar-refractivity contribution in [1.82, 2.24) is 5.32 Å². The Labute approximate surface area is 239 Å². The molecule has 1 amide bonds. The highest BCUT2D eigenvalue weighted by Crippen LogP contribution is 2.65. The first-order valence-electron chi connectivity index (χ1n) is 14.4. The van der Waals surface area contributed by atoms with Crippen LogP contribution in [0.25, 0.3) is 0 Å². The summed E-state index contributed by atoms with van der Waals surface area (Å²) in [5, 5.41) is 4.56. The van der Waals surface area contributed by atoms with Crippen molar-refractivity contribution in [3.05, 3.63) is 96.6 Å². The van der Waals surface area contributed by atoms with Gasteiger partial charge in [0.2, 0.25) is 0 Å². The van der Waals surface area contributed by atoms with Gasteiger partial charge in [0, 0.05) is 39.7 Å². The van der Waals surface area contributed by atoms with E-state index in [0.29, 0.717) is 19.0 Å². The minimum atomic E-state index is -3.06. The highest BCUT2D eigenvalue weighted by atomic mass is 31.2. The molecule has 0 heterocycles. The zero-order valence-corrected chi connectivity index (χ0v) is 26.1. The average Bonchev–Trinajstić information content (AvgIpc) is 3.35. The third-order valence-corrected chi connectivity index (χ3v) is 16.6. The number of benzene rings is 3. The van der Waals surface area contributed by atoms with Crippen molar-refractivity contribution in [2.24, 2.45) is 5.92 Å². The van der Waals surface area contributed by atoms with E-state index in [1.54, 1.807) is 0 Å². The van der Waals surface area contributed by atoms with Crippen LogP contribution in [0.2, 0.25) is 0 Å². The van der Waals surface area contributed by atoms with Crippen LogP contribution in [0.15, 0.2) is 91.0 Å². The Balaban J connectivity index is 1.65. The molecule has 0 radical (unpaired) electrons. The van der Waals surface area contributed by atoms with E-state index in [2.05, 4.69) is 5.32 Å². The zero-order valence-electron chi connectivity index (χ0n) is 24.3. The van der Waals surface area contributed by atoms with Crippen molar-refractivity contribution in [3.8, 4) is 0 Å². The summed E-state index contributed by atoms with van der Waals surface area (Å²) in [7, 11) is -5.67. The molecule has 4 atom stereocenters. The Kier molecular flexibility index (Phi) is 9.80. The van der Waals surface area contributed by atoms with E-state index in [1.165, 1.54) is 0 Å².